The van der Waals surface area contributed by atoms with Crippen LogP contribution in [0.1, 0.15) is 41.9 Å². The van der Waals surface area contributed by atoms with Gasteiger partial charge in [-0.15, -0.1) is 0 Å². The molecule has 2 fully saturated rings. The Morgan fingerprint density at radius 2 is 2.20 bits per heavy atom. The molecule has 3 aromatic heterocycles. The van der Waals surface area contributed by atoms with E-state index < -0.39 is 0 Å². The van der Waals surface area contributed by atoms with Gasteiger partial charge in [-0.1, -0.05) is 6.42 Å². The number of nitrogens with one attached hydrogen (secondary N) is 2. The molecule has 3 heterocycles. The lowest BCUT2D eigenvalue weighted by molar-refractivity contribution is 0.0907. The van der Waals surface area contributed by atoms with Crippen LogP contribution in [0.15, 0.2) is 29.1 Å². The standard InChI is InChI=1S/C21H25N7O2/c1-12-9-23-21(26-17-5-6-24-28(17)2)27-18(12)16-11-30-20(25-16)19(29)22-10-15-8-13-3-4-14(15)7-13/h5-6,9,11,13-15H,3-4,7-8,10H2,1-2H3,(H,22,29)(H,23,26,27). The first kappa shape index (κ1) is 18.8. The normalized spacial score (nSPS) is 22.4. The number of oxazole rings is 1. The summed E-state index contributed by atoms with van der Waals surface area (Å²) in [4.78, 5) is 25.8. The maximum atomic E-state index is 12.5. The van der Waals surface area contributed by atoms with E-state index in [0.717, 1.165) is 23.2 Å². The van der Waals surface area contributed by atoms with E-state index in [-0.39, 0.29) is 11.8 Å². The van der Waals surface area contributed by atoms with Crippen molar-refractivity contribution in [3.8, 4) is 11.4 Å². The van der Waals surface area contributed by atoms with Crippen molar-refractivity contribution in [3.63, 3.8) is 0 Å². The Hall–Kier alpha value is -3.23. The van der Waals surface area contributed by atoms with Gasteiger partial charge in [-0.25, -0.2) is 15.0 Å². The number of nitrogens with zero attached hydrogens (tertiary/aromatic N) is 5. The van der Waals surface area contributed by atoms with Crippen LogP contribution in [-0.2, 0) is 7.05 Å². The number of hydrogen-bond acceptors (Lipinski definition) is 7. The second-order valence-corrected chi connectivity index (χ2v) is 8.37. The average molecular weight is 407 g/mol. The molecule has 3 aromatic rings. The predicted octanol–water partition coefficient (Wildman–Crippen LogP) is 3.08. The molecule has 2 aliphatic carbocycles. The van der Waals surface area contributed by atoms with Gasteiger partial charge in [0, 0.05) is 25.9 Å². The van der Waals surface area contributed by atoms with Gasteiger partial charge in [0.1, 0.15) is 23.5 Å². The molecule has 2 aliphatic rings. The number of amides is 1. The van der Waals surface area contributed by atoms with Gasteiger partial charge in [0.2, 0.25) is 5.95 Å². The lowest BCUT2D eigenvalue weighted by atomic mass is 9.89. The topological polar surface area (TPSA) is 111 Å². The summed E-state index contributed by atoms with van der Waals surface area (Å²) in [6.07, 6.45) is 10.1. The van der Waals surface area contributed by atoms with Gasteiger partial charge >= 0.3 is 5.91 Å². The van der Waals surface area contributed by atoms with E-state index in [9.17, 15) is 4.79 Å². The minimum absolute atomic E-state index is 0.0623. The van der Waals surface area contributed by atoms with Crippen LogP contribution < -0.4 is 10.6 Å². The highest BCUT2D eigenvalue weighted by Crippen LogP contribution is 2.47. The van der Waals surface area contributed by atoms with Gasteiger partial charge in [-0.05, 0) is 49.5 Å². The van der Waals surface area contributed by atoms with Crippen LogP contribution in [0.5, 0.6) is 0 Å². The summed E-state index contributed by atoms with van der Waals surface area (Å²) in [6, 6.07) is 1.83. The molecule has 0 aliphatic heterocycles. The van der Waals surface area contributed by atoms with Crippen LogP contribution in [0.2, 0.25) is 0 Å². The Kier molecular flexibility index (Phi) is 4.72. The molecule has 2 saturated carbocycles. The molecule has 5 rings (SSSR count). The molecule has 3 atom stereocenters. The van der Waals surface area contributed by atoms with Crippen LogP contribution in [0, 0.1) is 24.7 Å². The fourth-order valence-corrected chi connectivity index (χ4v) is 4.79. The molecule has 0 spiro atoms. The molecule has 0 aromatic carbocycles. The third-order valence-corrected chi connectivity index (χ3v) is 6.38. The molecule has 0 saturated heterocycles. The zero-order valence-corrected chi connectivity index (χ0v) is 17.1. The largest absolute Gasteiger partial charge is 0.440 e. The molecule has 9 nitrogen and oxygen atoms in total. The maximum Gasteiger partial charge on any atom is 0.307 e. The lowest BCUT2D eigenvalue weighted by Gasteiger charge is -2.21. The maximum absolute atomic E-state index is 12.5. The van der Waals surface area contributed by atoms with Crippen molar-refractivity contribution < 1.29 is 9.21 Å². The molecule has 9 heteroatoms. The SMILES string of the molecule is Cc1cnc(Nc2ccnn2C)nc1-c1coc(C(=O)NCC2CC3CCC2C3)n1. The van der Waals surface area contributed by atoms with E-state index in [1.165, 1.54) is 31.9 Å². The summed E-state index contributed by atoms with van der Waals surface area (Å²) in [6.45, 7) is 2.59. The van der Waals surface area contributed by atoms with E-state index in [1.807, 2.05) is 20.0 Å². The second kappa shape index (κ2) is 7.55. The summed E-state index contributed by atoms with van der Waals surface area (Å²) < 4.78 is 7.15. The molecule has 1 amide bonds. The molecule has 30 heavy (non-hydrogen) atoms. The first-order valence-electron chi connectivity index (χ1n) is 10.4. The molecule has 2 N–H and O–H groups in total. The summed E-state index contributed by atoms with van der Waals surface area (Å²) in [7, 11) is 1.83. The highest BCUT2D eigenvalue weighted by Gasteiger charge is 2.39. The summed E-state index contributed by atoms with van der Waals surface area (Å²) in [5, 5.41) is 10.2. The molecule has 3 unspecified atom stereocenters. The Morgan fingerprint density at radius 1 is 1.30 bits per heavy atom. The van der Waals surface area contributed by atoms with Crippen LogP contribution >= 0.6 is 0 Å². The molecule has 0 radical (unpaired) electrons. The molecule has 156 valence electrons. The van der Waals surface area contributed by atoms with E-state index in [1.54, 1.807) is 17.1 Å². The summed E-state index contributed by atoms with van der Waals surface area (Å²) in [5.74, 6) is 3.20. The van der Waals surface area contributed by atoms with Gasteiger partial charge in [0.15, 0.2) is 0 Å². The summed E-state index contributed by atoms with van der Waals surface area (Å²) >= 11 is 0. The van der Waals surface area contributed by atoms with E-state index in [0.29, 0.717) is 29.8 Å². The number of fused-ring (bicyclic) bond motifs is 2. The molecular weight excluding hydrogens is 382 g/mol. The number of rotatable bonds is 6. The van der Waals surface area contributed by atoms with Crippen molar-refractivity contribution in [2.75, 3.05) is 11.9 Å². The van der Waals surface area contributed by atoms with Crippen molar-refractivity contribution in [2.24, 2.45) is 24.8 Å². The Labute approximate surface area is 174 Å². The van der Waals surface area contributed by atoms with Crippen LogP contribution in [-0.4, -0.2) is 37.2 Å². The lowest BCUT2D eigenvalue weighted by Crippen LogP contribution is -2.31. The van der Waals surface area contributed by atoms with Crippen molar-refractivity contribution in [1.82, 2.24) is 30.0 Å². The van der Waals surface area contributed by atoms with Crippen LogP contribution in [0.4, 0.5) is 11.8 Å². The quantitative estimate of drug-likeness (QED) is 0.646. The average Bonchev–Trinajstić information content (AvgIpc) is 3.53. The number of carbonyl (C=O) groups excluding carboxylic acids is 1. The highest BCUT2D eigenvalue weighted by atomic mass is 16.4. The Balaban J connectivity index is 1.28. The van der Waals surface area contributed by atoms with E-state index in [4.69, 9.17) is 4.42 Å². The van der Waals surface area contributed by atoms with Crippen LogP contribution in [0.25, 0.3) is 11.4 Å². The van der Waals surface area contributed by atoms with Gasteiger partial charge in [0.05, 0.1) is 6.20 Å². The Morgan fingerprint density at radius 3 is 2.93 bits per heavy atom. The monoisotopic (exact) mass is 407 g/mol. The predicted molar refractivity (Wildman–Crippen MR) is 110 cm³/mol. The molecular formula is C21H25N7O2. The van der Waals surface area contributed by atoms with Gasteiger partial charge in [0.25, 0.3) is 5.89 Å². The third kappa shape index (κ3) is 3.55. The van der Waals surface area contributed by atoms with Gasteiger partial charge < -0.3 is 15.1 Å². The first-order valence-corrected chi connectivity index (χ1v) is 10.4. The Bertz CT molecular complexity index is 1070. The zero-order chi connectivity index (χ0) is 20.7. The van der Waals surface area contributed by atoms with E-state index >= 15 is 0 Å². The van der Waals surface area contributed by atoms with Crippen molar-refractivity contribution in [2.45, 2.75) is 32.6 Å². The van der Waals surface area contributed by atoms with Crippen molar-refractivity contribution in [1.29, 1.82) is 0 Å². The highest BCUT2D eigenvalue weighted by molar-refractivity contribution is 5.90. The third-order valence-electron chi connectivity index (χ3n) is 6.38. The number of hydrogen-bond donors (Lipinski definition) is 2. The van der Waals surface area contributed by atoms with Gasteiger partial charge in [-0.2, -0.15) is 5.10 Å². The fourth-order valence-electron chi connectivity index (χ4n) is 4.79. The van der Waals surface area contributed by atoms with Gasteiger partial charge in [-0.3, -0.25) is 9.48 Å². The smallest absolute Gasteiger partial charge is 0.307 e. The minimum Gasteiger partial charge on any atom is -0.440 e. The van der Waals surface area contributed by atoms with E-state index in [2.05, 4.69) is 30.7 Å². The summed E-state index contributed by atoms with van der Waals surface area (Å²) in [5.41, 5.74) is 1.96. The number of aryl methyl sites for hydroxylation is 2. The second-order valence-electron chi connectivity index (χ2n) is 8.37. The van der Waals surface area contributed by atoms with Crippen LogP contribution in [0.3, 0.4) is 0 Å². The minimum atomic E-state index is -0.274. The number of anilines is 2. The fraction of sp³-hybridized carbons (Fsp3) is 0.476. The van der Waals surface area contributed by atoms with Crippen molar-refractivity contribution in [3.05, 3.63) is 36.2 Å². The zero-order valence-electron chi connectivity index (χ0n) is 17.1. The van der Waals surface area contributed by atoms with Crippen molar-refractivity contribution >= 4 is 17.7 Å². The molecule has 2 bridgehead atoms. The number of carbonyl (C=O) groups is 1. The first-order chi connectivity index (χ1) is 14.6. The number of aromatic nitrogens is 5.